The molecule has 0 radical (unpaired) electrons. The van der Waals surface area contributed by atoms with Gasteiger partial charge in [0.25, 0.3) is 0 Å². The van der Waals surface area contributed by atoms with Crippen molar-refractivity contribution in [2.75, 3.05) is 16.8 Å². The molecular weight excluding hydrogens is 254 g/mol. The molecule has 0 saturated heterocycles. The summed E-state index contributed by atoms with van der Waals surface area (Å²) in [5.41, 5.74) is -0.0999. The zero-order valence-corrected chi connectivity index (χ0v) is 10.8. The van der Waals surface area contributed by atoms with Crippen molar-refractivity contribution >= 4 is 29.3 Å². The van der Waals surface area contributed by atoms with Crippen molar-refractivity contribution < 1.29 is 19.8 Å². The number of carboxylic acids is 1. The summed E-state index contributed by atoms with van der Waals surface area (Å²) in [7, 11) is 0. The van der Waals surface area contributed by atoms with Crippen LogP contribution in [0.4, 0.5) is 5.69 Å². The van der Waals surface area contributed by atoms with Crippen molar-refractivity contribution in [3.8, 4) is 5.75 Å². The van der Waals surface area contributed by atoms with Gasteiger partial charge in [-0.25, -0.2) is 4.79 Å². The molecule has 6 heteroatoms. The number of carboxylic acid groups (broad SMARTS) is 1. The third-order valence-corrected chi connectivity index (χ3v) is 3.12. The third-order valence-electron chi connectivity index (χ3n) is 2.22. The Morgan fingerprint density at radius 1 is 1.39 bits per heavy atom. The van der Waals surface area contributed by atoms with Crippen LogP contribution in [0.25, 0.3) is 0 Å². The molecule has 1 aromatic carbocycles. The van der Waals surface area contributed by atoms with Gasteiger partial charge in [-0.15, -0.1) is 0 Å². The van der Waals surface area contributed by atoms with E-state index >= 15 is 0 Å². The monoisotopic (exact) mass is 269 g/mol. The van der Waals surface area contributed by atoms with Crippen LogP contribution in [0.3, 0.4) is 0 Å². The summed E-state index contributed by atoms with van der Waals surface area (Å²) in [6.45, 7) is 2.00. The van der Waals surface area contributed by atoms with E-state index in [-0.39, 0.29) is 17.2 Å². The molecule has 1 amide bonds. The van der Waals surface area contributed by atoms with Crippen LogP contribution in [0, 0.1) is 0 Å². The topological polar surface area (TPSA) is 86.6 Å². The Balaban J connectivity index is 2.70. The van der Waals surface area contributed by atoms with Crippen LogP contribution in [0.2, 0.25) is 0 Å². The van der Waals surface area contributed by atoms with Crippen LogP contribution < -0.4 is 5.32 Å². The number of carbonyl (C=O) groups is 2. The van der Waals surface area contributed by atoms with Gasteiger partial charge in [-0.1, -0.05) is 13.0 Å². The maximum atomic E-state index is 11.5. The fourth-order valence-corrected chi connectivity index (χ4v) is 1.96. The molecule has 0 bridgehead atoms. The molecule has 0 atom stereocenters. The van der Waals surface area contributed by atoms with Gasteiger partial charge in [0, 0.05) is 12.2 Å². The number of benzene rings is 1. The van der Waals surface area contributed by atoms with E-state index in [1.807, 2.05) is 6.92 Å². The predicted molar refractivity (Wildman–Crippen MR) is 71.3 cm³/mol. The lowest BCUT2D eigenvalue weighted by molar-refractivity contribution is -0.115. The summed E-state index contributed by atoms with van der Waals surface area (Å²) in [6, 6.07) is 4.21. The molecule has 1 aromatic rings. The summed E-state index contributed by atoms with van der Waals surface area (Å²) in [5, 5.41) is 21.0. The normalized spacial score (nSPS) is 10.1. The average Bonchev–Trinajstić information content (AvgIpc) is 2.32. The van der Waals surface area contributed by atoms with Crippen molar-refractivity contribution in [3.63, 3.8) is 0 Å². The fourth-order valence-electron chi connectivity index (χ4n) is 1.34. The summed E-state index contributed by atoms with van der Waals surface area (Å²) < 4.78 is 0. The minimum Gasteiger partial charge on any atom is -0.505 e. The Morgan fingerprint density at radius 2 is 2.11 bits per heavy atom. The molecule has 3 N–H and O–H groups in total. The first-order valence-electron chi connectivity index (χ1n) is 5.49. The van der Waals surface area contributed by atoms with Gasteiger partial charge in [-0.2, -0.15) is 11.8 Å². The number of nitrogens with one attached hydrogen (secondary N) is 1. The third kappa shape index (κ3) is 3.96. The van der Waals surface area contributed by atoms with Crippen molar-refractivity contribution in [2.45, 2.75) is 13.3 Å². The second kappa shape index (κ2) is 6.90. The first-order chi connectivity index (χ1) is 8.56. The molecule has 5 nitrogen and oxygen atoms in total. The van der Waals surface area contributed by atoms with E-state index in [0.29, 0.717) is 12.2 Å². The Kier molecular flexibility index (Phi) is 5.51. The van der Waals surface area contributed by atoms with Crippen LogP contribution in [-0.4, -0.2) is 33.6 Å². The highest BCUT2D eigenvalue weighted by Gasteiger charge is 2.14. The molecular formula is C12H15NO4S. The average molecular weight is 269 g/mol. The molecule has 0 spiro atoms. The highest BCUT2D eigenvalue weighted by Crippen LogP contribution is 2.27. The lowest BCUT2D eigenvalue weighted by atomic mass is 10.1. The van der Waals surface area contributed by atoms with Crippen LogP contribution in [-0.2, 0) is 4.79 Å². The predicted octanol–water partition coefficient (Wildman–Crippen LogP) is 2.17. The second-order valence-electron chi connectivity index (χ2n) is 3.50. The van der Waals surface area contributed by atoms with Gasteiger partial charge in [-0.3, -0.25) is 4.79 Å². The van der Waals surface area contributed by atoms with Gasteiger partial charge >= 0.3 is 5.97 Å². The summed E-state index contributed by atoms with van der Waals surface area (Å²) in [4.78, 5) is 22.3. The number of para-hydroxylation sites is 1. The van der Waals surface area contributed by atoms with Crippen molar-refractivity contribution in [1.29, 1.82) is 0 Å². The lowest BCUT2D eigenvalue weighted by Crippen LogP contribution is -2.13. The molecule has 0 saturated carbocycles. The molecule has 0 aliphatic rings. The van der Waals surface area contributed by atoms with Gasteiger partial charge in [0.2, 0.25) is 5.91 Å². The van der Waals surface area contributed by atoms with Gasteiger partial charge < -0.3 is 15.5 Å². The Morgan fingerprint density at radius 3 is 2.72 bits per heavy atom. The van der Waals surface area contributed by atoms with Crippen LogP contribution in [0.15, 0.2) is 18.2 Å². The number of hydrogen-bond donors (Lipinski definition) is 3. The molecule has 0 unspecified atom stereocenters. The standard InChI is InChI=1S/C12H15NO4S/c1-2-18-7-6-10(14)13-9-5-3-4-8(11(9)15)12(16)17/h3-5,15H,2,6-7H2,1H3,(H,13,14)(H,16,17). The maximum absolute atomic E-state index is 11.5. The molecule has 0 aromatic heterocycles. The summed E-state index contributed by atoms with van der Waals surface area (Å²) in [6.07, 6.45) is 0.329. The van der Waals surface area contributed by atoms with E-state index in [2.05, 4.69) is 5.32 Å². The first-order valence-corrected chi connectivity index (χ1v) is 6.64. The summed E-state index contributed by atoms with van der Waals surface area (Å²) >= 11 is 1.64. The molecule has 0 fully saturated rings. The smallest absolute Gasteiger partial charge is 0.339 e. The largest absolute Gasteiger partial charge is 0.505 e. The van der Waals surface area contributed by atoms with Crippen LogP contribution in [0.5, 0.6) is 5.75 Å². The van der Waals surface area contributed by atoms with Crippen LogP contribution in [0.1, 0.15) is 23.7 Å². The number of aromatic carboxylic acids is 1. The number of anilines is 1. The lowest BCUT2D eigenvalue weighted by Gasteiger charge is -2.08. The Bertz CT molecular complexity index is 448. The van der Waals surface area contributed by atoms with E-state index in [4.69, 9.17) is 5.11 Å². The van der Waals surface area contributed by atoms with Crippen LogP contribution >= 0.6 is 11.8 Å². The van der Waals surface area contributed by atoms with E-state index in [0.717, 1.165) is 5.75 Å². The Labute approximate surface area is 109 Å². The van der Waals surface area contributed by atoms with E-state index in [9.17, 15) is 14.7 Å². The highest BCUT2D eigenvalue weighted by molar-refractivity contribution is 7.99. The number of aromatic hydroxyl groups is 1. The second-order valence-corrected chi connectivity index (χ2v) is 4.90. The molecule has 0 aliphatic carbocycles. The molecule has 1 rings (SSSR count). The fraction of sp³-hybridized carbons (Fsp3) is 0.333. The first kappa shape index (κ1) is 14.4. The SMILES string of the molecule is CCSCCC(=O)Nc1cccc(C(=O)O)c1O. The van der Waals surface area contributed by atoms with Gasteiger partial charge in [-0.05, 0) is 17.9 Å². The minimum absolute atomic E-state index is 0.126. The van der Waals surface area contributed by atoms with Crippen molar-refractivity contribution in [3.05, 3.63) is 23.8 Å². The molecule has 0 heterocycles. The number of hydrogen-bond acceptors (Lipinski definition) is 4. The van der Waals surface area contributed by atoms with Gasteiger partial charge in [0.15, 0.2) is 5.75 Å². The molecule has 98 valence electrons. The number of amides is 1. The number of thioether (sulfide) groups is 1. The zero-order valence-electron chi connectivity index (χ0n) is 9.97. The number of carbonyl (C=O) groups excluding carboxylic acids is 1. The van der Waals surface area contributed by atoms with Crippen molar-refractivity contribution in [2.24, 2.45) is 0 Å². The Hall–Kier alpha value is -1.69. The van der Waals surface area contributed by atoms with Gasteiger partial charge in [0.1, 0.15) is 5.56 Å². The van der Waals surface area contributed by atoms with Crippen molar-refractivity contribution in [1.82, 2.24) is 0 Å². The number of phenols is 1. The minimum atomic E-state index is -1.23. The van der Waals surface area contributed by atoms with E-state index in [1.54, 1.807) is 11.8 Å². The zero-order chi connectivity index (χ0) is 13.5. The maximum Gasteiger partial charge on any atom is 0.339 e. The van der Waals surface area contributed by atoms with Gasteiger partial charge in [0.05, 0.1) is 5.69 Å². The van der Waals surface area contributed by atoms with E-state index in [1.165, 1.54) is 18.2 Å². The highest BCUT2D eigenvalue weighted by atomic mass is 32.2. The summed E-state index contributed by atoms with van der Waals surface area (Å²) in [5.74, 6) is -0.255. The molecule has 0 aliphatic heterocycles. The number of rotatable bonds is 6. The molecule has 18 heavy (non-hydrogen) atoms. The van der Waals surface area contributed by atoms with E-state index < -0.39 is 11.7 Å². The quantitative estimate of drug-likeness (QED) is 0.544.